The Kier molecular flexibility index (Phi) is 3.60. The van der Waals surface area contributed by atoms with Gasteiger partial charge in [-0.1, -0.05) is 17.7 Å². The molecule has 1 aliphatic heterocycles. The third-order valence-electron chi connectivity index (χ3n) is 3.88. The molecule has 5 heteroatoms. The first-order valence-corrected chi connectivity index (χ1v) is 8.68. The Labute approximate surface area is 131 Å². The lowest BCUT2D eigenvalue weighted by molar-refractivity contribution is 0.452. The summed E-state index contributed by atoms with van der Waals surface area (Å²) in [4.78, 5) is 0.317. The molecule has 3 rings (SSSR count). The van der Waals surface area contributed by atoms with E-state index in [1.807, 2.05) is 39.0 Å². The second kappa shape index (κ2) is 5.32. The lowest BCUT2D eigenvalue weighted by Crippen LogP contribution is -2.27. The molecule has 2 heterocycles. The maximum absolute atomic E-state index is 12.8. The van der Waals surface area contributed by atoms with Crippen molar-refractivity contribution in [3.63, 3.8) is 0 Å². The molecule has 0 amide bonds. The van der Waals surface area contributed by atoms with Crippen LogP contribution in [0.1, 0.15) is 29.6 Å². The number of hydrogen-bond donors (Lipinski definition) is 0. The zero-order valence-corrected chi connectivity index (χ0v) is 13.8. The van der Waals surface area contributed by atoms with Crippen molar-refractivity contribution >= 4 is 15.6 Å². The number of furan rings is 1. The predicted molar refractivity (Wildman–Crippen MR) is 85.9 cm³/mol. The largest absolute Gasteiger partial charge is 0.466 e. The fourth-order valence-electron chi connectivity index (χ4n) is 2.68. The highest BCUT2D eigenvalue weighted by Crippen LogP contribution is 2.29. The van der Waals surface area contributed by atoms with E-state index in [0.29, 0.717) is 17.9 Å². The molecular formula is C17H19NO3S. The van der Waals surface area contributed by atoms with E-state index in [0.717, 1.165) is 28.2 Å². The van der Waals surface area contributed by atoms with Crippen molar-refractivity contribution in [2.75, 3.05) is 6.54 Å². The van der Waals surface area contributed by atoms with Crippen LogP contribution in [0.5, 0.6) is 0 Å². The zero-order chi connectivity index (χ0) is 15.9. The van der Waals surface area contributed by atoms with Gasteiger partial charge in [-0.2, -0.15) is 0 Å². The summed E-state index contributed by atoms with van der Waals surface area (Å²) in [6.45, 7) is 6.14. The number of aryl methyl sites for hydroxylation is 2. The van der Waals surface area contributed by atoms with Crippen molar-refractivity contribution in [3.8, 4) is 0 Å². The second-order valence-electron chi connectivity index (χ2n) is 5.68. The third kappa shape index (κ3) is 2.57. The summed E-state index contributed by atoms with van der Waals surface area (Å²) in [6, 6.07) is 8.90. The average Bonchev–Trinajstić information content (AvgIpc) is 2.77. The number of allylic oxidation sites excluding steroid dienone is 1. The van der Waals surface area contributed by atoms with E-state index in [4.69, 9.17) is 4.42 Å². The first-order valence-electron chi connectivity index (χ1n) is 7.24. The quantitative estimate of drug-likeness (QED) is 0.852. The number of sulfonamides is 1. The van der Waals surface area contributed by atoms with Crippen LogP contribution in [0.3, 0.4) is 0 Å². The first-order chi connectivity index (χ1) is 10.4. The van der Waals surface area contributed by atoms with Gasteiger partial charge in [-0.25, -0.2) is 8.42 Å². The third-order valence-corrected chi connectivity index (χ3v) is 5.65. The molecule has 0 fully saturated rings. The van der Waals surface area contributed by atoms with Gasteiger partial charge in [0.05, 0.1) is 4.90 Å². The van der Waals surface area contributed by atoms with Crippen LogP contribution in [-0.2, 0) is 16.4 Å². The van der Waals surface area contributed by atoms with Crippen molar-refractivity contribution in [2.45, 2.75) is 32.1 Å². The van der Waals surface area contributed by atoms with Crippen LogP contribution < -0.4 is 0 Å². The number of nitrogens with zero attached hydrogens (tertiary/aromatic N) is 1. The Balaban J connectivity index is 1.99. The SMILES string of the molecule is CC1=CN(S(=O)(=O)c2ccc(C)cc2)CCc2oc(C)cc21. The van der Waals surface area contributed by atoms with Gasteiger partial charge in [0, 0.05) is 24.7 Å². The highest BCUT2D eigenvalue weighted by Gasteiger charge is 2.25. The van der Waals surface area contributed by atoms with Crippen molar-refractivity contribution in [1.82, 2.24) is 4.31 Å². The van der Waals surface area contributed by atoms with E-state index >= 15 is 0 Å². The molecule has 1 aliphatic rings. The van der Waals surface area contributed by atoms with Crippen LogP contribution in [0.4, 0.5) is 0 Å². The Hall–Kier alpha value is -2.01. The number of rotatable bonds is 2. The van der Waals surface area contributed by atoms with Gasteiger partial charge >= 0.3 is 0 Å². The lowest BCUT2D eigenvalue weighted by Gasteiger charge is -2.19. The normalized spacial score (nSPS) is 15.2. The molecule has 22 heavy (non-hydrogen) atoms. The van der Waals surface area contributed by atoms with E-state index < -0.39 is 10.0 Å². The summed E-state index contributed by atoms with van der Waals surface area (Å²) in [7, 11) is -3.53. The van der Waals surface area contributed by atoms with E-state index in [1.54, 1.807) is 18.3 Å². The molecular weight excluding hydrogens is 298 g/mol. The molecule has 0 bridgehead atoms. The summed E-state index contributed by atoms with van der Waals surface area (Å²) in [5, 5.41) is 0. The fraction of sp³-hybridized carbons (Fsp3) is 0.294. The summed E-state index contributed by atoms with van der Waals surface area (Å²) in [6.07, 6.45) is 2.28. The molecule has 0 aliphatic carbocycles. The van der Waals surface area contributed by atoms with E-state index in [9.17, 15) is 8.42 Å². The van der Waals surface area contributed by atoms with Crippen LogP contribution in [-0.4, -0.2) is 19.3 Å². The molecule has 0 atom stereocenters. The number of hydrogen-bond acceptors (Lipinski definition) is 3. The monoisotopic (exact) mass is 317 g/mol. The Morgan fingerprint density at radius 1 is 1.09 bits per heavy atom. The smallest absolute Gasteiger partial charge is 0.263 e. The predicted octanol–water partition coefficient (Wildman–Crippen LogP) is 3.50. The Bertz CT molecular complexity index is 829. The standard InChI is InChI=1S/C17H19NO3S/c1-12-4-6-15(7-5-12)22(19,20)18-9-8-17-16(13(2)11-18)10-14(3)21-17/h4-7,10-11H,8-9H2,1-3H3. The first kappa shape index (κ1) is 14.9. The number of benzene rings is 1. The highest BCUT2D eigenvalue weighted by atomic mass is 32.2. The molecule has 2 aromatic rings. The molecule has 4 nitrogen and oxygen atoms in total. The summed E-state index contributed by atoms with van der Waals surface area (Å²) in [5.74, 6) is 1.71. The maximum atomic E-state index is 12.8. The average molecular weight is 317 g/mol. The van der Waals surface area contributed by atoms with Crippen LogP contribution in [0.15, 0.2) is 45.8 Å². The molecule has 1 aromatic carbocycles. The molecule has 0 N–H and O–H groups in total. The van der Waals surface area contributed by atoms with E-state index in [2.05, 4.69) is 0 Å². The van der Waals surface area contributed by atoms with Gasteiger partial charge in [-0.05, 0) is 44.5 Å². The fourth-order valence-corrected chi connectivity index (χ4v) is 4.06. The number of fused-ring (bicyclic) bond motifs is 1. The van der Waals surface area contributed by atoms with Gasteiger partial charge in [-0.3, -0.25) is 4.31 Å². The Morgan fingerprint density at radius 2 is 1.77 bits per heavy atom. The second-order valence-corrected chi connectivity index (χ2v) is 7.58. The van der Waals surface area contributed by atoms with Crippen molar-refractivity contribution in [2.24, 2.45) is 0 Å². The van der Waals surface area contributed by atoms with Crippen LogP contribution in [0, 0.1) is 13.8 Å². The molecule has 116 valence electrons. The van der Waals surface area contributed by atoms with Crippen LogP contribution >= 0.6 is 0 Å². The highest BCUT2D eigenvalue weighted by molar-refractivity contribution is 7.89. The minimum Gasteiger partial charge on any atom is -0.466 e. The van der Waals surface area contributed by atoms with Crippen molar-refractivity contribution in [1.29, 1.82) is 0 Å². The van der Waals surface area contributed by atoms with Crippen LogP contribution in [0.2, 0.25) is 0 Å². The maximum Gasteiger partial charge on any atom is 0.263 e. The molecule has 0 unspecified atom stereocenters. The lowest BCUT2D eigenvalue weighted by atomic mass is 10.1. The van der Waals surface area contributed by atoms with Gasteiger partial charge in [0.25, 0.3) is 10.0 Å². The topological polar surface area (TPSA) is 50.5 Å². The minimum atomic E-state index is -3.53. The zero-order valence-electron chi connectivity index (χ0n) is 13.0. The van der Waals surface area contributed by atoms with E-state index in [-0.39, 0.29) is 0 Å². The minimum absolute atomic E-state index is 0.317. The van der Waals surface area contributed by atoms with Gasteiger partial charge in [0.15, 0.2) is 0 Å². The summed E-state index contributed by atoms with van der Waals surface area (Å²) in [5.41, 5.74) is 2.94. The summed E-state index contributed by atoms with van der Waals surface area (Å²) < 4.78 is 32.7. The molecule has 0 saturated heterocycles. The molecule has 0 spiro atoms. The van der Waals surface area contributed by atoms with E-state index in [1.165, 1.54) is 4.31 Å². The molecule has 1 aromatic heterocycles. The van der Waals surface area contributed by atoms with Gasteiger partial charge in [-0.15, -0.1) is 0 Å². The molecule has 0 radical (unpaired) electrons. The molecule has 0 saturated carbocycles. The van der Waals surface area contributed by atoms with Gasteiger partial charge < -0.3 is 4.42 Å². The van der Waals surface area contributed by atoms with Crippen molar-refractivity contribution in [3.05, 3.63) is 59.2 Å². The summed E-state index contributed by atoms with van der Waals surface area (Å²) >= 11 is 0. The van der Waals surface area contributed by atoms with Crippen LogP contribution in [0.25, 0.3) is 5.57 Å². The van der Waals surface area contributed by atoms with Gasteiger partial charge in [0.2, 0.25) is 0 Å². The van der Waals surface area contributed by atoms with Crippen molar-refractivity contribution < 1.29 is 12.8 Å². The Morgan fingerprint density at radius 3 is 2.45 bits per heavy atom. The van der Waals surface area contributed by atoms with Gasteiger partial charge in [0.1, 0.15) is 11.5 Å².